The van der Waals surface area contributed by atoms with Crippen LogP contribution in [-0.4, -0.2) is 18.1 Å². The topological polar surface area (TPSA) is 38.3 Å². The Morgan fingerprint density at radius 2 is 2.24 bits per heavy atom. The number of halogens is 1. The zero-order chi connectivity index (χ0) is 12.4. The van der Waals surface area contributed by atoms with Gasteiger partial charge < -0.3 is 10.1 Å². The molecule has 1 N–H and O–H groups in total. The van der Waals surface area contributed by atoms with E-state index in [1.54, 1.807) is 0 Å². The molecule has 1 heterocycles. The van der Waals surface area contributed by atoms with Gasteiger partial charge in [-0.25, -0.2) is 0 Å². The monoisotopic (exact) mass is 297 g/mol. The maximum Gasteiger partial charge on any atom is 0.253 e. The summed E-state index contributed by atoms with van der Waals surface area (Å²) >= 11 is 3.42. The van der Waals surface area contributed by atoms with Crippen LogP contribution in [0.25, 0.3) is 0 Å². The summed E-state index contributed by atoms with van der Waals surface area (Å²) in [6.45, 7) is 3.99. The van der Waals surface area contributed by atoms with Gasteiger partial charge in [-0.3, -0.25) is 4.79 Å². The Hall–Kier alpha value is -0.870. The second-order valence-electron chi connectivity index (χ2n) is 4.49. The second-order valence-corrected chi connectivity index (χ2v) is 5.34. The number of ether oxygens (including phenoxy) is 1. The molecule has 1 aromatic carbocycles. The average molecular weight is 298 g/mol. The quantitative estimate of drug-likeness (QED) is 0.910. The maximum atomic E-state index is 12.0. The van der Waals surface area contributed by atoms with Gasteiger partial charge in [-0.05, 0) is 60.3 Å². The van der Waals surface area contributed by atoms with E-state index in [4.69, 9.17) is 4.74 Å². The lowest BCUT2D eigenvalue weighted by atomic mass is 10.2. The van der Waals surface area contributed by atoms with Crippen molar-refractivity contribution in [3.8, 4) is 0 Å². The zero-order valence-corrected chi connectivity index (χ0v) is 11.6. The van der Waals surface area contributed by atoms with Gasteiger partial charge in [0.05, 0.1) is 11.8 Å². The highest BCUT2D eigenvalue weighted by Crippen LogP contribution is 2.25. The number of aryl methyl sites for hydroxylation is 1. The van der Waals surface area contributed by atoms with E-state index in [0.29, 0.717) is 0 Å². The van der Waals surface area contributed by atoms with E-state index >= 15 is 0 Å². The number of rotatable bonds is 2. The van der Waals surface area contributed by atoms with Gasteiger partial charge in [0.25, 0.3) is 5.91 Å². The van der Waals surface area contributed by atoms with Crippen LogP contribution in [0.1, 0.15) is 25.3 Å². The fraction of sp³-hybridized carbons (Fsp3) is 0.462. The Morgan fingerprint density at radius 3 is 2.88 bits per heavy atom. The smallest absolute Gasteiger partial charge is 0.253 e. The first kappa shape index (κ1) is 12.6. The minimum Gasteiger partial charge on any atom is -0.365 e. The molecule has 2 rings (SSSR count). The summed E-state index contributed by atoms with van der Waals surface area (Å²) in [6.07, 6.45) is 1.63. The van der Waals surface area contributed by atoms with Crippen molar-refractivity contribution < 1.29 is 9.53 Å². The molecule has 1 aliphatic rings. The molecule has 2 atom stereocenters. The highest BCUT2D eigenvalue weighted by Gasteiger charge is 2.28. The first-order chi connectivity index (χ1) is 8.06. The van der Waals surface area contributed by atoms with Crippen molar-refractivity contribution >= 4 is 27.5 Å². The van der Waals surface area contributed by atoms with Crippen molar-refractivity contribution in [1.29, 1.82) is 0 Å². The van der Waals surface area contributed by atoms with E-state index in [2.05, 4.69) is 21.2 Å². The van der Waals surface area contributed by atoms with Crippen LogP contribution in [0.2, 0.25) is 0 Å². The number of amides is 1. The Labute approximate surface area is 110 Å². The standard InChI is InChI=1S/C13H16BrNO2/c1-8-3-5-10(14)11(7-8)15-13(16)12-6-4-9(2)17-12/h3,5,7,9,12H,4,6H2,1-2H3,(H,15,16). The van der Waals surface area contributed by atoms with Gasteiger partial charge in [0.1, 0.15) is 6.10 Å². The number of carbonyl (C=O) groups excluding carboxylic acids is 1. The molecule has 0 radical (unpaired) electrons. The number of hydrogen-bond donors (Lipinski definition) is 1. The lowest BCUT2D eigenvalue weighted by Gasteiger charge is -2.13. The maximum absolute atomic E-state index is 12.0. The normalized spacial score (nSPS) is 23.7. The summed E-state index contributed by atoms with van der Waals surface area (Å²) in [5, 5.41) is 2.90. The summed E-state index contributed by atoms with van der Waals surface area (Å²) in [5.74, 6) is -0.0550. The molecule has 2 unspecified atom stereocenters. The molecule has 0 bridgehead atoms. The minimum absolute atomic E-state index is 0.0550. The molecule has 0 aromatic heterocycles. The molecule has 3 nitrogen and oxygen atoms in total. The van der Waals surface area contributed by atoms with Crippen molar-refractivity contribution in [2.24, 2.45) is 0 Å². The molecule has 4 heteroatoms. The van der Waals surface area contributed by atoms with Gasteiger partial charge in [-0.1, -0.05) is 6.07 Å². The van der Waals surface area contributed by atoms with Crippen molar-refractivity contribution in [1.82, 2.24) is 0 Å². The van der Waals surface area contributed by atoms with E-state index in [9.17, 15) is 4.79 Å². The molecule has 1 aliphatic heterocycles. The number of hydrogen-bond acceptors (Lipinski definition) is 2. The van der Waals surface area contributed by atoms with Gasteiger partial charge in [-0.15, -0.1) is 0 Å². The first-order valence-corrected chi connectivity index (χ1v) is 6.58. The molecule has 1 aromatic rings. The lowest BCUT2D eigenvalue weighted by Crippen LogP contribution is -2.27. The van der Waals surface area contributed by atoms with Gasteiger partial charge in [-0.2, -0.15) is 0 Å². The third-order valence-corrected chi connectivity index (χ3v) is 3.60. The van der Waals surface area contributed by atoms with E-state index < -0.39 is 0 Å². The number of anilines is 1. The third kappa shape index (κ3) is 3.07. The summed E-state index contributed by atoms with van der Waals surface area (Å²) in [7, 11) is 0. The van der Waals surface area contributed by atoms with Crippen molar-refractivity contribution in [3.63, 3.8) is 0 Å². The van der Waals surface area contributed by atoms with Crippen LogP contribution in [0, 0.1) is 6.92 Å². The van der Waals surface area contributed by atoms with E-state index in [1.165, 1.54) is 0 Å². The van der Waals surface area contributed by atoms with Crippen LogP contribution in [0.5, 0.6) is 0 Å². The molecule has 0 aliphatic carbocycles. The Morgan fingerprint density at radius 1 is 1.47 bits per heavy atom. The number of benzene rings is 1. The van der Waals surface area contributed by atoms with Gasteiger partial charge in [0.15, 0.2) is 0 Å². The highest BCUT2D eigenvalue weighted by atomic mass is 79.9. The molecular weight excluding hydrogens is 282 g/mol. The van der Waals surface area contributed by atoms with Crippen LogP contribution < -0.4 is 5.32 Å². The molecule has 0 saturated carbocycles. The SMILES string of the molecule is Cc1ccc(Br)c(NC(=O)C2CCC(C)O2)c1. The lowest BCUT2D eigenvalue weighted by molar-refractivity contribution is -0.126. The zero-order valence-electron chi connectivity index (χ0n) is 10.00. The van der Waals surface area contributed by atoms with Gasteiger partial charge >= 0.3 is 0 Å². The number of carbonyl (C=O) groups is 1. The van der Waals surface area contributed by atoms with Crippen LogP contribution in [0.4, 0.5) is 5.69 Å². The first-order valence-electron chi connectivity index (χ1n) is 5.79. The highest BCUT2D eigenvalue weighted by molar-refractivity contribution is 9.10. The van der Waals surface area contributed by atoms with Crippen LogP contribution >= 0.6 is 15.9 Å². The third-order valence-electron chi connectivity index (χ3n) is 2.90. The molecule has 1 saturated heterocycles. The molecule has 1 fully saturated rings. The van der Waals surface area contributed by atoms with E-state index in [0.717, 1.165) is 28.6 Å². The Kier molecular flexibility index (Phi) is 3.84. The minimum atomic E-state index is -0.308. The van der Waals surface area contributed by atoms with Crippen LogP contribution in [-0.2, 0) is 9.53 Å². The van der Waals surface area contributed by atoms with Crippen molar-refractivity contribution in [2.45, 2.75) is 38.9 Å². The van der Waals surface area contributed by atoms with Crippen LogP contribution in [0.15, 0.2) is 22.7 Å². The number of nitrogens with one attached hydrogen (secondary N) is 1. The predicted molar refractivity (Wildman–Crippen MR) is 71.1 cm³/mol. The molecule has 17 heavy (non-hydrogen) atoms. The van der Waals surface area contributed by atoms with E-state index in [1.807, 2.05) is 32.0 Å². The van der Waals surface area contributed by atoms with E-state index in [-0.39, 0.29) is 18.1 Å². The fourth-order valence-electron chi connectivity index (χ4n) is 1.94. The Bertz CT molecular complexity index is 433. The van der Waals surface area contributed by atoms with Gasteiger partial charge in [0.2, 0.25) is 0 Å². The van der Waals surface area contributed by atoms with Crippen molar-refractivity contribution in [2.75, 3.05) is 5.32 Å². The van der Waals surface area contributed by atoms with Crippen LogP contribution in [0.3, 0.4) is 0 Å². The predicted octanol–water partition coefficient (Wildman–Crippen LogP) is 3.26. The molecule has 0 spiro atoms. The summed E-state index contributed by atoms with van der Waals surface area (Å²) < 4.78 is 6.43. The second kappa shape index (κ2) is 5.19. The largest absolute Gasteiger partial charge is 0.365 e. The summed E-state index contributed by atoms with van der Waals surface area (Å²) in [4.78, 5) is 12.0. The molecular formula is C13H16BrNO2. The summed E-state index contributed by atoms with van der Waals surface area (Å²) in [5.41, 5.74) is 1.92. The Balaban J connectivity index is 2.05. The molecule has 92 valence electrons. The van der Waals surface area contributed by atoms with Gasteiger partial charge in [0, 0.05) is 4.47 Å². The summed E-state index contributed by atoms with van der Waals surface area (Å²) in [6, 6.07) is 5.87. The molecule has 1 amide bonds. The van der Waals surface area contributed by atoms with Crippen molar-refractivity contribution in [3.05, 3.63) is 28.2 Å². The fourth-order valence-corrected chi connectivity index (χ4v) is 2.29. The average Bonchev–Trinajstić information content (AvgIpc) is 2.70.